The molecule has 160 valence electrons. The highest BCUT2D eigenvalue weighted by Crippen LogP contribution is 2.60. The summed E-state index contributed by atoms with van der Waals surface area (Å²) in [6.45, 7) is 0. The van der Waals surface area contributed by atoms with E-state index in [2.05, 4.69) is 26.6 Å². The number of amides is 2. The summed E-state index contributed by atoms with van der Waals surface area (Å²) in [6.07, 6.45) is 1.79. The van der Waals surface area contributed by atoms with Gasteiger partial charge in [0.1, 0.15) is 6.10 Å². The standard InChI is InChI=1S/C24H23BrN2O4/c25-21-16-12-17-20(24(30)31-22(17)21)19(16)23(29)27-15-8-4-7-14(11-15)26-18(28)10-9-13-5-2-1-3-6-13/h1-8,11,16-17,19-22H,9-10,12H2,(H,26,28)(H,27,29)/t16-,17-,19-,20+,21+,22+/m1/s1. The van der Waals surface area contributed by atoms with Gasteiger partial charge in [-0.3, -0.25) is 14.4 Å². The van der Waals surface area contributed by atoms with Crippen LogP contribution in [0, 0.1) is 23.7 Å². The predicted molar refractivity (Wildman–Crippen MR) is 120 cm³/mol. The van der Waals surface area contributed by atoms with E-state index < -0.39 is 0 Å². The molecule has 1 aliphatic heterocycles. The number of aryl methyl sites for hydroxylation is 1. The Morgan fingerprint density at radius 1 is 1.00 bits per heavy atom. The van der Waals surface area contributed by atoms with E-state index in [-0.39, 0.29) is 52.4 Å². The van der Waals surface area contributed by atoms with Crippen LogP contribution >= 0.6 is 15.9 Å². The fourth-order valence-electron chi connectivity index (χ4n) is 5.36. The molecule has 1 heterocycles. The van der Waals surface area contributed by atoms with Crippen LogP contribution in [-0.2, 0) is 25.5 Å². The molecule has 31 heavy (non-hydrogen) atoms. The summed E-state index contributed by atoms with van der Waals surface area (Å²) in [4.78, 5) is 37.7. The average molecular weight is 483 g/mol. The minimum atomic E-state index is -0.384. The minimum Gasteiger partial charge on any atom is -0.461 e. The van der Waals surface area contributed by atoms with Crippen molar-refractivity contribution in [1.82, 2.24) is 0 Å². The Kier molecular flexibility index (Phi) is 5.30. The van der Waals surface area contributed by atoms with Crippen LogP contribution in [0.5, 0.6) is 0 Å². The molecule has 7 heteroatoms. The van der Waals surface area contributed by atoms with Crippen LogP contribution in [-0.4, -0.2) is 28.7 Å². The van der Waals surface area contributed by atoms with Gasteiger partial charge < -0.3 is 15.4 Å². The monoisotopic (exact) mass is 482 g/mol. The third-order valence-corrected chi connectivity index (χ3v) is 7.92. The molecule has 0 radical (unpaired) electrons. The number of esters is 1. The Labute approximate surface area is 188 Å². The van der Waals surface area contributed by atoms with Crippen LogP contribution in [0.3, 0.4) is 0 Å². The highest BCUT2D eigenvalue weighted by molar-refractivity contribution is 9.09. The smallest absolute Gasteiger partial charge is 0.310 e. The van der Waals surface area contributed by atoms with Crippen molar-refractivity contribution in [2.75, 3.05) is 10.6 Å². The molecule has 5 rings (SSSR count). The minimum absolute atomic E-state index is 0.0335. The zero-order valence-corrected chi connectivity index (χ0v) is 18.4. The van der Waals surface area contributed by atoms with Crippen LogP contribution in [0.1, 0.15) is 18.4 Å². The lowest BCUT2D eigenvalue weighted by Crippen LogP contribution is -2.40. The van der Waals surface area contributed by atoms with Gasteiger partial charge in [0, 0.05) is 23.7 Å². The molecular formula is C24H23BrN2O4. The van der Waals surface area contributed by atoms with E-state index >= 15 is 0 Å². The number of alkyl halides is 1. The Balaban J connectivity index is 1.21. The van der Waals surface area contributed by atoms with Gasteiger partial charge in [-0.1, -0.05) is 52.3 Å². The molecule has 2 aromatic carbocycles. The summed E-state index contributed by atoms with van der Waals surface area (Å²) in [5.41, 5.74) is 2.34. The van der Waals surface area contributed by atoms with Crippen molar-refractivity contribution in [3.63, 3.8) is 0 Å². The molecule has 2 N–H and O–H groups in total. The third-order valence-electron chi connectivity index (χ3n) is 6.72. The maximum absolute atomic E-state index is 13.0. The van der Waals surface area contributed by atoms with E-state index in [1.165, 1.54) is 0 Å². The van der Waals surface area contributed by atoms with E-state index in [4.69, 9.17) is 4.74 Å². The van der Waals surface area contributed by atoms with Crippen molar-refractivity contribution in [2.45, 2.75) is 30.2 Å². The molecule has 0 unspecified atom stereocenters. The van der Waals surface area contributed by atoms with Gasteiger partial charge in [-0.05, 0) is 42.5 Å². The molecule has 3 aliphatic rings. The highest BCUT2D eigenvalue weighted by atomic mass is 79.9. The molecular weight excluding hydrogens is 460 g/mol. The number of fused-ring (bicyclic) bond motifs is 1. The second kappa shape index (κ2) is 8.11. The summed E-state index contributed by atoms with van der Waals surface area (Å²) in [6, 6.07) is 17.0. The summed E-state index contributed by atoms with van der Waals surface area (Å²) in [7, 11) is 0. The first kappa shape index (κ1) is 20.2. The van der Waals surface area contributed by atoms with E-state index in [9.17, 15) is 14.4 Å². The largest absolute Gasteiger partial charge is 0.461 e. The Hall–Kier alpha value is -2.67. The van der Waals surface area contributed by atoms with Crippen molar-refractivity contribution in [1.29, 1.82) is 0 Å². The number of anilines is 2. The first-order valence-corrected chi connectivity index (χ1v) is 11.5. The number of hydrogen-bond donors (Lipinski definition) is 2. The Morgan fingerprint density at radius 3 is 2.52 bits per heavy atom. The maximum atomic E-state index is 13.0. The molecule has 2 saturated carbocycles. The van der Waals surface area contributed by atoms with Gasteiger partial charge in [0.05, 0.1) is 16.7 Å². The number of ether oxygens (including phenoxy) is 1. The second-order valence-corrected chi connectivity index (χ2v) is 9.62. The molecule has 3 fully saturated rings. The molecule has 6 atom stereocenters. The summed E-state index contributed by atoms with van der Waals surface area (Å²) in [5, 5.41) is 5.84. The van der Waals surface area contributed by atoms with Crippen LogP contribution in [0.25, 0.3) is 0 Å². The van der Waals surface area contributed by atoms with Gasteiger partial charge in [0.15, 0.2) is 0 Å². The van der Waals surface area contributed by atoms with Crippen molar-refractivity contribution in [2.24, 2.45) is 23.7 Å². The zero-order chi connectivity index (χ0) is 21.5. The number of carbonyl (C=O) groups is 3. The third kappa shape index (κ3) is 3.76. The van der Waals surface area contributed by atoms with Crippen LogP contribution in [0.4, 0.5) is 11.4 Å². The number of benzene rings is 2. The quantitative estimate of drug-likeness (QED) is 0.484. The fraction of sp³-hybridized carbons (Fsp3) is 0.375. The highest BCUT2D eigenvalue weighted by Gasteiger charge is 2.67. The van der Waals surface area contributed by atoms with Crippen molar-refractivity contribution in [3.8, 4) is 0 Å². The lowest BCUT2D eigenvalue weighted by molar-refractivity contribution is -0.145. The average Bonchev–Trinajstić information content (AvgIpc) is 3.37. The SMILES string of the molecule is O=C(CCc1ccccc1)Nc1cccc(NC(=O)[C@@H]2[C@H]3C[C@H]4[C@H](OC(=O)[C@@H]42)[C@H]3Br)c1. The van der Waals surface area contributed by atoms with Crippen molar-refractivity contribution < 1.29 is 19.1 Å². The summed E-state index contributed by atoms with van der Waals surface area (Å²) >= 11 is 3.64. The molecule has 0 aromatic heterocycles. The lowest BCUT2D eigenvalue weighted by Gasteiger charge is -2.27. The number of carbonyl (C=O) groups excluding carboxylic acids is 3. The first-order chi connectivity index (χ1) is 15.0. The first-order valence-electron chi connectivity index (χ1n) is 10.6. The van der Waals surface area contributed by atoms with Gasteiger partial charge in [0.25, 0.3) is 0 Å². The van der Waals surface area contributed by atoms with Gasteiger partial charge in [-0.2, -0.15) is 0 Å². The van der Waals surface area contributed by atoms with Gasteiger partial charge in [-0.25, -0.2) is 0 Å². The number of halogens is 1. The Bertz CT molecular complexity index is 1030. The van der Waals surface area contributed by atoms with Crippen molar-refractivity contribution >= 4 is 45.1 Å². The molecule has 2 aromatic rings. The molecule has 0 spiro atoms. The van der Waals surface area contributed by atoms with E-state index in [0.29, 0.717) is 24.2 Å². The van der Waals surface area contributed by atoms with Crippen LogP contribution < -0.4 is 10.6 Å². The number of hydrogen-bond acceptors (Lipinski definition) is 4. The molecule has 2 bridgehead atoms. The zero-order valence-electron chi connectivity index (χ0n) is 16.8. The lowest BCUT2D eigenvalue weighted by atomic mass is 9.79. The summed E-state index contributed by atoms with van der Waals surface area (Å²) < 4.78 is 5.49. The summed E-state index contributed by atoms with van der Waals surface area (Å²) in [5.74, 6) is -0.984. The molecule has 1 saturated heterocycles. The van der Waals surface area contributed by atoms with E-state index in [1.54, 1.807) is 24.3 Å². The van der Waals surface area contributed by atoms with Gasteiger partial charge in [0.2, 0.25) is 11.8 Å². The second-order valence-electron chi connectivity index (χ2n) is 8.56. The topological polar surface area (TPSA) is 84.5 Å². The predicted octanol–water partition coefficient (Wildman–Crippen LogP) is 3.77. The Morgan fingerprint density at radius 2 is 1.74 bits per heavy atom. The molecule has 6 nitrogen and oxygen atoms in total. The molecule has 2 amide bonds. The normalized spacial score (nSPS) is 30.2. The van der Waals surface area contributed by atoms with E-state index in [0.717, 1.165) is 12.0 Å². The maximum Gasteiger partial charge on any atom is 0.310 e. The van der Waals surface area contributed by atoms with Gasteiger partial charge >= 0.3 is 5.97 Å². The van der Waals surface area contributed by atoms with Gasteiger partial charge in [-0.15, -0.1) is 0 Å². The van der Waals surface area contributed by atoms with Crippen LogP contribution in [0.2, 0.25) is 0 Å². The van der Waals surface area contributed by atoms with Crippen molar-refractivity contribution in [3.05, 3.63) is 60.2 Å². The molecule has 2 aliphatic carbocycles. The van der Waals surface area contributed by atoms with E-state index in [1.807, 2.05) is 30.3 Å². The fourth-order valence-corrected chi connectivity index (χ4v) is 6.40. The van der Waals surface area contributed by atoms with Crippen LogP contribution in [0.15, 0.2) is 54.6 Å². The number of rotatable bonds is 6. The number of nitrogens with one attached hydrogen (secondary N) is 2.